The Labute approximate surface area is 253 Å². The van der Waals surface area contributed by atoms with Gasteiger partial charge in [-0.15, -0.1) is 0 Å². The Hall–Kier alpha value is -3.54. The highest BCUT2D eigenvalue weighted by molar-refractivity contribution is 7.97. The molecule has 3 aromatic rings. The molecular weight excluding hydrogens is 579 g/mol. The molecule has 1 heterocycles. The summed E-state index contributed by atoms with van der Waals surface area (Å²) < 4.78 is 47.1. The molecule has 1 saturated heterocycles. The fourth-order valence-electron chi connectivity index (χ4n) is 4.82. The number of hydrogen-bond acceptors (Lipinski definition) is 6. The molecule has 1 aliphatic heterocycles. The lowest BCUT2D eigenvalue weighted by atomic mass is 10.00. The highest BCUT2D eigenvalue weighted by Crippen LogP contribution is 2.35. The molecule has 3 aromatic carbocycles. The van der Waals surface area contributed by atoms with Crippen molar-refractivity contribution in [2.45, 2.75) is 68.8 Å². The van der Waals surface area contributed by atoms with Crippen LogP contribution in [0.25, 0.3) is 0 Å². The van der Waals surface area contributed by atoms with E-state index in [0.29, 0.717) is 35.9 Å². The lowest BCUT2D eigenvalue weighted by molar-refractivity contribution is -0.137. The first-order valence-corrected chi connectivity index (χ1v) is 15.0. The van der Waals surface area contributed by atoms with Gasteiger partial charge in [0.25, 0.3) is 0 Å². The van der Waals surface area contributed by atoms with Gasteiger partial charge in [0.15, 0.2) is 0 Å². The molecule has 230 valence electrons. The number of carbonyl (C=O) groups is 2. The van der Waals surface area contributed by atoms with Crippen molar-refractivity contribution in [3.8, 4) is 5.75 Å². The summed E-state index contributed by atoms with van der Waals surface area (Å²) in [4.78, 5) is 27.6. The number of anilines is 1. The van der Waals surface area contributed by atoms with E-state index in [-0.39, 0.29) is 12.3 Å². The van der Waals surface area contributed by atoms with Crippen molar-refractivity contribution in [1.82, 2.24) is 9.62 Å². The standard InChI is InChI=1S/C32H36F3N3O4S/c1-3-42-26-16-14-25(15-17-26)36-30(40)28(19-22-10-12-23(13-11-22)21(2)39)37-31(41)29-9-4-5-18-38(29)43-27-8-6-7-24(20-27)32(33,34)35/h6-8,10-17,20-21,28-29,39H,3-5,9,18-19H2,1-2H3,(H,36,40)(H,37,41)/t21?,28-,29-/m0/s1. The van der Waals surface area contributed by atoms with Gasteiger partial charge >= 0.3 is 6.18 Å². The number of aliphatic hydroxyl groups is 1. The van der Waals surface area contributed by atoms with Crippen molar-refractivity contribution in [3.05, 3.63) is 89.5 Å². The van der Waals surface area contributed by atoms with Crippen LogP contribution in [0.5, 0.6) is 5.75 Å². The second kappa shape index (κ2) is 14.8. The molecule has 0 aromatic heterocycles. The van der Waals surface area contributed by atoms with Crippen molar-refractivity contribution >= 4 is 29.4 Å². The van der Waals surface area contributed by atoms with Crippen molar-refractivity contribution in [2.24, 2.45) is 0 Å². The molecule has 4 rings (SSSR count). The van der Waals surface area contributed by atoms with Crippen molar-refractivity contribution in [1.29, 1.82) is 0 Å². The van der Waals surface area contributed by atoms with E-state index >= 15 is 0 Å². The highest BCUT2D eigenvalue weighted by atomic mass is 32.2. The molecular formula is C32H36F3N3O4S. The summed E-state index contributed by atoms with van der Waals surface area (Å²) in [5.41, 5.74) is 1.31. The Bertz CT molecular complexity index is 1370. The number of hydrogen-bond donors (Lipinski definition) is 3. The third-order valence-electron chi connectivity index (χ3n) is 7.11. The van der Waals surface area contributed by atoms with Crippen LogP contribution in [0.15, 0.2) is 77.7 Å². The predicted molar refractivity (Wildman–Crippen MR) is 161 cm³/mol. The molecule has 11 heteroatoms. The monoisotopic (exact) mass is 615 g/mol. The number of benzene rings is 3. The quantitative estimate of drug-likeness (QED) is 0.217. The Morgan fingerprint density at radius 1 is 1.07 bits per heavy atom. The Morgan fingerprint density at radius 3 is 2.44 bits per heavy atom. The van der Waals surface area contributed by atoms with E-state index in [9.17, 15) is 27.9 Å². The van der Waals surface area contributed by atoms with Gasteiger partial charge in [-0.25, -0.2) is 4.31 Å². The van der Waals surface area contributed by atoms with Crippen LogP contribution in [0.3, 0.4) is 0 Å². The van der Waals surface area contributed by atoms with Crippen LogP contribution in [-0.2, 0) is 22.2 Å². The summed E-state index contributed by atoms with van der Waals surface area (Å²) >= 11 is 1.12. The molecule has 0 bridgehead atoms. The van der Waals surface area contributed by atoms with Gasteiger partial charge in [0.2, 0.25) is 11.8 Å². The first kappa shape index (κ1) is 32.4. The van der Waals surface area contributed by atoms with E-state index in [1.807, 2.05) is 19.1 Å². The Balaban J connectivity index is 1.52. The second-order valence-corrected chi connectivity index (χ2v) is 11.5. The number of nitrogens with one attached hydrogen (secondary N) is 2. The number of ether oxygens (including phenoxy) is 1. The van der Waals surface area contributed by atoms with Gasteiger partial charge in [-0.3, -0.25) is 9.59 Å². The maximum atomic E-state index is 13.7. The molecule has 3 atom stereocenters. The number of amides is 2. The Morgan fingerprint density at radius 2 is 1.79 bits per heavy atom. The minimum atomic E-state index is -4.47. The van der Waals surface area contributed by atoms with Crippen LogP contribution in [0.4, 0.5) is 18.9 Å². The zero-order valence-electron chi connectivity index (χ0n) is 24.1. The van der Waals surface area contributed by atoms with Crippen LogP contribution in [0.2, 0.25) is 0 Å². The van der Waals surface area contributed by atoms with E-state index in [2.05, 4.69) is 10.6 Å². The van der Waals surface area contributed by atoms with Gasteiger partial charge in [-0.05, 0) is 92.2 Å². The van der Waals surface area contributed by atoms with Gasteiger partial charge in [0, 0.05) is 23.5 Å². The molecule has 2 amide bonds. The number of nitrogens with zero attached hydrogens (tertiary/aromatic N) is 1. The summed E-state index contributed by atoms with van der Waals surface area (Å²) in [5.74, 6) is -0.115. The molecule has 1 aliphatic rings. The van der Waals surface area contributed by atoms with E-state index in [4.69, 9.17) is 4.74 Å². The maximum absolute atomic E-state index is 13.7. The number of alkyl halides is 3. The first-order chi connectivity index (χ1) is 20.5. The molecule has 0 spiro atoms. The van der Waals surface area contributed by atoms with E-state index < -0.39 is 35.8 Å². The van der Waals surface area contributed by atoms with Crippen LogP contribution < -0.4 is 15.4 Å². The molecule has 1 unspecified atom stereocenters. The summed E-state index contributed by atoms with van der Waals surface area (Å²) in [6.07, 6.45) is -2.82. The lowest BCUT2D eigenvalue weighted by Gasteiger charge is -2.34. The summed E-state index contributed by atoms with van der Waals surface area (Å²) in [6, 6.07) is 17.6. The third kappa shape index (κ3) is 9.22. The second-order valence-electron chi connectivity index (χ2n) is 10.4. The van der Waals surface area contributed by atoms with Crippen LogP contribution in [0, 0.1) is 0 Å². The number of carbonyl (C=O) groups excluding carboxylic acids is 2. The minimum absolute atomic E-state index is 0.197. The zero-order valence-corrected chi connectivity index (χ0v) is 24.9. The van der Waals surface area contributed by atoms with Crippen LogP contribution in [0.1, 0.15) is 55.9 Å². The SMILES string of the molecule is CCOc1ccc(NC(=O)[C@H](Cc2ccc(C(C)O)cc2)NC(=O)[C@@H]2CCCCN2Sc2cccc(C(F)(F)F)c2)cc1. The van der Waals surface area contributed by atoms with Crippen LogP contribution in [-0.4, -0.2) is 46.5 Å². The number of aliphatic hydroxyl groups excluding tert-OH is 1. The van der Waals surface area contributed by atoms with E-state index in [1.165, 1.54) is 6.07 Å². The molecule has 43 heavy (non-hydrogen) atoms. The van der Waals surface area contributed by atoms with Gasteiger partial charge in [0.05, 0.1) is 24.3 Å². The van der Waals surface area contributed by atoms with Crippen molar-refractivity contribution in [3.63, 3.8) is 0 Å². The number of rotatable bonds is 11. The normalized spacial score (nSPS) is 17.1. The number of halogens is 3. The minimum Gasteiger partial charge on any atom is -0.494 e. The summed E-state index contributed by atoms with van der Waals surface area (Å²) in [7, 11) is 0. The largest absolute Gasteiger partial charge is 0.494 e. The van der Waals surface area contributed by atoms with Gasteiger partial charge in [0.1, 0.15) is 11.8 Å². The molecule has 7 nitrogen and oxygen atoms in total. The molecule has 0 radical (unpaired) electrons. The van der Waals surface area contributed by atoms with Gasteiger partial charge < -0.3 is 20.5 Å². The van der Waals surface area contributed by atoms with E-state index in [1.54, 1.807) is 53.7 Å². The molecule has 3 N–H and O–H groups in total. The average Bonchev–Trinajstić information content (AvgIpc) is 2.98. The molecule has 0 aliphatic carbocycles. The number of piperidine rings is 1. The maximum Gasteiger partial charge on any atom is 0.416 e. The zero-order chi connectivity index (χ0) is 31.0. The fraction of sp³-hybridized carbons (Fsp3) is 0.375. The fourth-order valence-corrected chi connectivity index (χ4v) is 5.96. The van der Waals surface area contributed by atoms with Gasteiger partial charge in [-0.1, -0.05) is 36.8 Å². The lowest BCUT2D eigenvalue weighted by Crippen LogP contribution is -2.53. The summed E-state index contributed by atoms with van der Waals surface area (Å²) in [5, 5.41) is 15.6. The topological polar surface area (TPSA) is 90.9 Å². The predicted octanol–water partition coefficient (Wildman–Crippen LogP) is 6.39. The van der Waals surface area contributed by atoms with Gasteiger partial charge in [-0.2, -0.15) is 13.2 Å². The van der Waals surface area contributed by atoms with E-state index in [0.717, 1.165) is 48.0 Å². The summed E-state index contributed by atoms with van der Waals surface area (Å²) in [6.45, 7) is 4.57. The first-order valence-electron chi connectivity index (χ1n) is 14.3. The van der Waals surface area contributed by atoms with Crippen molar-refractivity contribution < 1.29 is 32.6 Å². The third-order valence-corrected chi connectivity index (χ3v) is 8.24. The Kier molecular flexibility index (Phi) is 11.1. The molecule has 1 fully saturated rings. The van der Waals surface area contributed by atoms with Crippen LogP contribution >= 0.6 is 11.9 Å². The molecule has 0 saturated carbocycles. The smallest absolute Gasteiger partial charge is 0.416 e. The average molecular weight is 616 g/mol. The highest BCUT2D eigenvalue weighted by Gasteiger charge is 2.34. The van der Waals surface area contributed by atoms with Crippen molar-refractivity contribution in [2.75, 3.05) is 18.5 Å².